The van der Waals surface area contributed by atoms with E-state index >= 15 is 0 Å². The Morgan fingerprint density at radius 2 is 2.25 bits per heavy atom. The zero-order chi connectivity index (χ0) is 11.5. The first-order valence-corrected chi connectivity index (χ1v) is 5.17. The molecular weight excluding hydrogens is 204 g/mol. The average Bonchev–Trinajstić information content (AvgIpc) is 2.69. The van der Waals surface area contributed by atoms with Gasteiger partial charge in [0.05, 0.1) is 6.04 Å². The van der Waals surface area contributed by atoms with Crippen LogP contribution in [0.2, 0.25) is 0 Å². The van der Waals surface area contributed by atoms with Crippen LogP contribution >= 0.6 is 0 Å². The van der Waals surface area contributed by atoms with Crippen LogP contribution in [0.4, 0.5) is 0 Å². The largest absolute Gasteiger partial charge is 0.361 e. The van der Waals surface area contributed by atoms with Crippen molar-refractivity contribution in [1.82, 2.24) is 10.5 Å². The Morgan fingerprint density at radius 3 is 2.94 bits per heavy atom. The molecule has 1 heterocycles. The topological polar surface area (TPSA) is 65.1 Å². The van der Waals surface area contributed by atoms with Crippen molar-refractivity contribution >= 4 is 16.7 Å². The average molecular weight is 218 g/mol. The van der Waals surface area contributed by atoms with Crippen LogP contribution in [0, 0.1) is 0 Å². The summed E-state index contributed by atoms with van der Waals surface area (Å²) in [6.45, 7) is 1.46. The molecule has 16 heavy (non-hydrogen) atoms. The highest BCUT2D eigenvalue weighted by molar-refractivity contribution is 5.85. The molecule has 0 aliphatic rings. The third kappa shape index (κ3) is 1.98. The van der Waals surface area contributed by atoms with Crippen LogP contribution in [-0.2, 0) is 11.2 Å². The molecule has 2 rings (SSSR count). The molecule has 84 valence electrons. The zero-order valence-electron chi connectivity index (χ0n) is 9.03. The van der Waals surface area contributed by atoms with E-state index in [9.17, 15) is 4.79 Å². The van der Waals surface area contributed by atoms with Gasteiger partial charge in [-0.15, -0.1) is 0 Å². The number of hydrogen-bond acceptors (Lipinski definition) is 3. The quantitative estimate of drug-likeness (QED) is 0.683. The molecule has 0 aliphatic heterocycles. The van der Waals surface area contributed by atoms with Gasteiger partial charge in [-0.05, 0) is 25.0 Å². The van der Waals surface area contributed by atoms with Gasteiger partial charge < -0.3 is 10.2 Å². The molecule has 3 N–H and O–H groups in total. The smallest absolute Gasteiger partial charge is 0.149 e. The predicted molar refractivity (Wildman–Crippen MR) is 61.4 cm³/mol. The second kappa shape index (κ2) is 4.47. The van der Waals surface area contributed by atoms with Crippen LogP contribution in [0.1, 0.15) is 12.5 Å². The highest BCUT2D eigenvalue weighted by Crippen LogP contribution is 2.19. The Kier molecular flexibility index (Phi) is 3.03. The summed E-state index contributed by atoms with van der Waals surface area (Å²) in [7, 11) is 0. The van der Waals surface area contributed by atoms with Gasteiger partial charge in [0.25, 0.3) is 0 Å². The second-order valence-corrected chi connectivity index (χ2v) is 3.86. The lowest BCUT2D eigenvalue weighted by Gasteiger charge is -2.10. The lowest BCUT2D eigenvalue weighted by Crippen LogP contribution is -2.34. The molecule has 1 aromatic heterocycles. The van der Waals surface area contributed by atoms with Crippen molar-refractivity contribution in [2.24, 2.45) is 0 Å². The Hall–Kier alpha value is -1.65. The van der Waals surface area contributed by atoms with Gasteiger partial charge >= 0.3 is 0 Å². The maximum Gasteiger partial charge on any atom is 0.149 e. The number of hydroxylamine groups is 1. The van der Waals surface area contributed by atoms with Crippen molar-refractivity contribution in [2.75, 3.05) is 0 Å². The third-order valence-electron chi connectivity index (χ3n) is 2.75. The second-order valence-electron chi connectivity index (χ2n) is 3.86. The molecule has 0 amide bonds. The molecule has 0 unspecified atom stereocenters. The fourth-order valence-electron chi connectivity index (χ4n) is 1.80. The summed E-state index contributed by atoms with van der Waals surface area (Å²) in [5.74, 6) is -0.0761. The van der Waals surface area contributed by atoms with E-state index in [-0.39, 0.29) is 5.78 Å². The summed E-state index contributed by atoms with van der Waals surface area (Å²) in [6.07, 6.45) is 2.35. The van der Waals surface area contributed by atoms with Gasteiger partial charge in [0.2, 0.25) is 0 Å². The van der Waals surface area contributed by atoms with E-state index in [4.69, 9.17) is 5.21 Å². The van der Waals surface area contributed by atoms with Crippen molar-refractivity contribution in [3.63, 3.8) is 0 Å². The van der Waals surface area contributed by atoms with Gasteiger partial charge in [0, 0.05) is 17.1 Å². The van der Waals surface area contributed by atoms with Crippen LogP contribution in [0.3, 0.4) is 0 Å². The maximum absolute atomic E-state index is 11.2. The standard InChI is InChI=1S/C12H14N2O2/c1-8(15)12(14-16)6-9-7-13-11-5-3-2-4-10(9)11/h2-5,7,12-14,16H,6H2,1H3/t12-/m0/s1. The van der Waals surface area contributed by atoms with Crippen molar-refractivity contribution < 1.29 is 10.0 Å². The summed E-state index contributed by atoms with van der Waals surface area (Å²) in [5, 5.41) is 9.97. The molecule has 0 radical (unpaired) electrons. The number of carbonyl (C=O) groups excluding carboxylic acids is 1. The predicted octanol–water partition coefficient (Wildman–Crippen LogP) is 1.65. The number of para-hydroxylation sites is 1. The summed E-state index contributed by atoms with van der Waals surface area (Å²) >= 11 is 0. The molecule has 1 atom stereocenters. The first kappa shape index (κ1) is 10.9. The highest BCUT2D eigenvalue weighted by Gasteiger charge is 2.15. The number of aromatic nitrogens is 1. The lowest BCUT2D eigenvalue weighted by molar-refractivity contribution is -0.121. The number of carbonyl (C=O) groups is 1. The van der Waals surface area contributed by atoms with Gasteiger partial charge in [-0.3, -0.25) is 4.79 Å². The summed E-state index contributed by atoms with van der Waals surface area (Å²) in [6, 6.07) is 7.34. The van der Waals surface area contributed by atoms with E-state index in [1.54, 1.807) is 0 Å². The van der Waals surface area contributed by atoms with Crippen LogP contribution in [-0.4, -0.2) is 22.0 Å². The Bertz CT molecular complexity index is 504. The third-order valence-corrected chi connectivity index (χ3v) is 2.75. The number of H-pyrrole nitrogens is 1. The van der Waals surface area contributed by atoms with E-state index in [0.29, 0.717) is 6.42 Å². The molecular formula is C12H14N2O2. The minimum Gasteiger partial charge on any atom is -0.361 e. The van der Waals surface area contributed by atoms with Gasteiger partial charge in [-0.25, -0.2) is 0 Å². The molecule has 0 saturated carbocycles. The molecule has 2 aromatic rings. The van der Waals surface area contributed by atoms with Crippen LogP contribution in [0.15, 0.2) is 30.5 Å². The van der Waals surface area contributed by atoms with Gasteiger partial charge in [-0.1, -0.05) is 18.2 Å². The molecule has 0 fully saturated rings. The van der Waals surface area contributed by atoms with Gasteiger partial charge in [0.1, 0.15) is 5.78 Å². The summed E-state index contributed by atoms with van der Waals surface area (Å²) < 4.78 is 0. The first-order valence-electron chi connectivity index (χ1n) is 5.17. The summed E-state index contributed by atoms with van der Waals surface area (Å²) in [5.41, 5.74) is 4.11. The number of Topliss-reactive ketones (excluding diaryl/α,β-unsaturated/α-hetero) is 1. The maximum atomic E-state index is 11.2. The molecule has 1 aromatic carbocycles. The van der Waals surface area contributed by atoms with Crippen molar-refractivity contribution in [3.8, 4) is 0 Å². The Balaban J connectivity index is 2.30. The summed E-state index contributed by atoms with van der Waals surface area (Å²) in [4.78, 5) is 14.3. The first-order chi connectivity index (χ1) is 7.72. The van der Waals surface area contributed by atoms with Crippen molar-refractivity contribution in [1.29, 1.82) is 0 Å². The van der Waals surface area contributed by atoms with E-state index in [2.05, 4.69) is 4.98 Å². The van der Waals surface area contributed by atoms with Crippen LogP contribution < -0.4 is 5.48 Å². The minimum absolute atomic E-state index is 0.0761. The number of ketones is 1. The van der Waals surface area contributed by atoms with E-state index in [1.165, 1.54) is 6.92 Å². The van der Waals surface area contributed by atoms with E-state index in [1.807, 2.05) is 35.9 Å². The Morgan fingerprint density at radius 1 is 1.50 bits per heavy atom. The molecule has 0 aliphatic carbocycles. The molecule has 4 nitrogen and oxygen atoms in total. The van der Waals surface area contributed by atoms with Crippen LogP contribution in [0.5, 0.6) is 0 Å². The normalized spacial score (nSPS) is 12.9. The van der Waals surface area contributed by atoms with Crippen LogP contribution in [0.25, 0.3) is 10.9 Å². The number of hydrogen-bond donors (Lipinski definition) is 3. The fourth-order valence-corrected chi connectivity index (χ4v) is 1.80. The van der Waals surface area contributed by atoms with Gasteiger partial charge in [-0.2, -0.15) is 5.48 Å². The molecule has 4 heteroatoms. The fraction of sp³-hybridized carbons (Fsp3) is 0.250. The highest BCUT2D eigenvalue weighted by atomic mass is 16.5. The van der Waals surface area contributed by atoms with Gasteiger partial charge in [0.15, 0.2) is 0 Å². The van der Waals surface area contributed by atoms with E-state index in [0.717, 1.165) is 16.5 Å². The Labute approximate surface area is 93.2 Å². The zero-order valence-corrected chi connectivity index (χ0v) is 9.03. The number of nitrogens with one attached hydrogen (secondary N) is 2. The molecule has 0 saturated heterocycles. The molecule has 0 bridgehead atoms. The number of rotatable bonds is 4. The monoisotopic (exact) mass is 218 g/mol. The number of aromatic amines is 1. The van der Waals surface area contributed by atoms with Crippen molar-refractivity contribution in [2.45, 2.75) is 19.4 Å². The minimum atomic E-state index is -0.542. The molecule has 0 spiro atoms. The van der Waals surface area contributed by atoms with Crippen molar-refractivity contribution in [3.05, 3.63) is 36.0 Å². The lowest BCUT2D eigenvalue weighted by atomic mass is 10.0. The number of benzene rings is 1. The van der Waals surface area contributed by atoms with E-state index < -0.39 is 6.04 Å². The number of fused-ring (bicyclic) bond motifs is 1. The SMILES string of the molecule is CC(=O)[C@H](Cc1c[nH]c2ccccc12)NO.